The summed E-state index contributed by atoms with van der Waals surface area (Å²) in [4.78, 5) is 22.7. The third-order valence-electron chi connectivity index (χ3n) is 5.14. The Kier molecular flexibility index (Phi) is 4.33. The minimum absolute atomic E-state index is 0.147. The maximum Gasteiger partial charge on any atom is 0.276 e. The summed E-state index contributed by atoms with van der Waals surface area (Å²) in [7, 11) is 0. The van der Waals surface area contributed by atoms with Crippen LogP contribution < -0.4 is 5.73 Å². The second kappa shape index (κ2) is 6.78. The topological polar surface area (TPSA) is 103 Å². The lowest BCUT2D eigenvalue weighted by atomic mass is 9.96. The number of hydrogen-bond donors (Lipinski definition) is 1. The van der Waals surface area contributed by atoms with Gasteiger partial charge in [-0.2, -0.15) is 0 Å². The first-order valence-electron chi connectivity index (χ1n) is 9.02. The molecule has 0 bridgehead atoms. The zero-order valence-electron chi connectivity index (χ0n) is 14.3. The van der Waals surface area contributed by atoms with Crippen LogP contribution >= 0.6 is 0 Å². The fraction of sp³-hybridized carbons (Fsp3) is 0.588. The minimum atomic E-state index is -0.147. The summed E-state index contributed by atoms with van der Waals surface area (Å²) in [5.74, 6) is 2.38. The Balaban J connectivity index is 1.55. The van der Waals surface area contributed by atoms with E-state index in [2.05, 4.69) is 24.7 Å². The molecule has 0 spiro atoms. The monoisotopic (exact) mass is 341 g/mol. The van der Waals surface area contributed by atoms with E-state index in [4.69, 9.17) is 5.73 Å². The van der Waals surface area contributed by atoms with Crippen LogP contribution in [0.2, 0.25) is 0 Å². The zero-order valence-corrected chi connectivity index (χ0v) is 14.3. The quantitative estimate of drug-likeness (QED) is 0.885. The van der Waals surface area contributed by atoms with E-state index < -0.39 is 0 Å². The Morgan fingerprint density at radius 1 is 1.08 bits per heavy atom. The van der Waals surface area contributed by atoms with Crippen LogP contribution in [0.25, 0.3) is 0 Å². The fourth-order valence-corrected chi connectivity index (χ4v) is 3.85. The first-order chi connectivity index (χ1) is 12.2. The highest BCUT2D eigenvalue weighted by molar-refractivity contribution is 5.96. The van der Waals surface area contributed by atoms with Gasteiger partial charge in [-0.3, -0.25) is 4.79 Å². The average molecular weight is 341 g/mol. The molecule has 132 valence electrons. The number of nitrogens with zero attached hydrogens (tertiary/aromatic N) is 6. The fourth-order valence-electron chi connectivity index (χ4n) is 3.85. The maximum atomic E-state index is 12.8. The molecule has 2 aliphatic rings. The van der Waals surface area contributed by atoms with Crippen molar-refractivity contribution < 1.29 is 4.79 Å². The number of fused-ring (bicyclic) bond motifs is 1. The Bertz CT molecular complexity index is 772. The summed E-state index contributed by atoms with van der Waals surface area (Å²) >= 11 is 0. The summed E-state index contributed by atoms with van der Waals surface area (Å²) in [6.07, 6.45) is 9.56. The molecular weight excluding hydrogens is 318 g/mol. The van der Waals surface area contributed by atoms with Crippen LogP contribution in [0.4, 0.5) is 5.82 Å². The molecule has 0 aliphatic carbocycles. The van der Waals surface area contributed by atoms with E-state index in [1.54, 1.807) is 0 Å². The van der Waals surface area contributed by atoms with E-state index in [9.17, 15) is 4.79 Å². The molecular formula is C17H23N7O. The van der Waals surface area contributed by atoms with Crippen LogP contribution in [0.5, 0.6) is 0 Å². The Labute approximate surface area is 146 Å². The van der Waals surface area contributed by atoms with Crippen LogP contribution in [-0.2, 0) is 13.0 Å². The molecule has 1 fully saturated rings. The van der Waals surface area contributed by atoms with Gasteiger partial charge in [-0.25, -0.2) is 9.97 Å². The highest BCUT2D eigenvalue weighted by atomic mass is 16.2. The molecule has 2 aliphatic heterocycles. The average Bonchev–Trinajstić information content (AvgIpc) is 2.90. The molecule has 4 rings (SSSR count). The summed E-state index contributed by atoms with van der Waals surface area (Å²) in [5.41, 5.74) is 6.06. The van der Waals surface area contributed by atoms with Gasteiger partial charge < -0.3 is 15.2 Å². The first kappa shape index (κ1) is 16.0. The molecule has 8 nitrogen and oxygen atoms in total. The highest BCUT2D eigenvalue weighted by Crippen LogP contribution is 2.28. The number of carbonyl (C=O) groups is 1. The Hall–Kier alpha value is -2.51. The largest absolute Gasteiger partial charge is 0.382 e. The molecule has 2 aromatic heterocycles. The third-order valence-corrected chi connectivity index (χ3v) is 5.14. The van der Waals surface area contributed by atoms with Crippen LogP contribution in [0, 0.1) is 0 Å². The van der Waals surface area contributed by atoms with Gasteiger partial charge in [0, 0.05) is 44.4 Å². The number of amides is 1. The van der Waals surface area contributed by atoms with Gasteiger partial charge in [-0.15, -0.1) is 10.2 Å². The maximum absolute atomic E-state index is 12.8. The van der Waals surface area contributed by atoms with E-state index >= 15 is 0 Å². The number of aromatic nitrogens is 5. The lowest BCUT2D eigenvalue weighted by Gasteiger charge is -2.32. The number of hydrogen-bond acceptors (Lipinski definition) is 6. The summed E-state index contributed by atoms with van der Waals surface area (Å²) in [6, 6.07) is 0. The molecule has 0 aromatic carbocycles. The van der Waals surface area contributed by atoms with Crippen molar-refractivity contribution in [3.8, 4) is 0 Å². The molecule has 4 heterocycles. The molecule has 25 heavy (non-hydrogen) atoms. The van der Waals surface area contributed by atoms with Gasteiger partial charge in [0.05, 0.1) is 0 Å². The Morgan fingerprint density at radius 3 is 2.84 bits per heavy atom. The van der Waals surface area contributed by atoms with Crippen molar-refractivity contribution in [3.63, 3.8) is 0 Å². The second-order valence-electron chi connectivity index (χ2n) is 6.82. The molecule has 1 amide bonds. The van der Waals surface area contributed by atoms with Crippen molar-refractivity contribution in [3.05, 3.63) is 29.7 Å². The standard InChI is InChI=1S/C17H23N7O/c18-15-14(19-7-8-20-15)17(25)23-9-4-5-12(11-23)16-22-21-13-6-2-1-3-10-24(13)16/h7-8,12H,1-6,9-11H2,(H2,18,20)/t12-/m1/s1. The van der Waals surface area contributed by atoms with E-state index in [1.165, 1.54) is 31.7 Å². The predicted molar refractivity (Wildman–Crippen MR) is 91.9 cm³/mol. The normalized spacial score (nSPS) is 20.8. The lowest BCUT2D eigenvalue weighted by Crippen LogP contribution is -2.40. The molecule has 0 unspecified atom stereocenters. The van der Waals surface area contributed by atoms with Crippen molar-refractivity contribution in [1.29, 1.82) is 0 Å². The number of anilines is 1. The van der Waals surface area contributed by atoms with E-state index in [1.807, 2.05) is 4.90 Å². The third kappa shape index (κ3) is 3.08. The number of nitrogen functional groups attached to an aromatic ring is 1. The zero-order chi connectivity index (χ0) is 17.2. The van der Waals surface area contributed by atoms with Gasteiger partial charge in [-0.05, 0) is 25.7 Å². The van der Waals surface area contributed by atoms with Crippen molar-refractivity contribution >= 4 is 11.7 Å². The van der Waals surface area contributed by atoms with Gasteiger partial charge in [-0.1, -0.05) is 6.42 Å². The highest BCUT2D eigenvalue weighted by Gasteiger charge is 2.31. The number of rotatable bonds is 2. The molecule has 8 heteroatoms. The summed E-state index contributed by atoms with van der Waals surface area (Å²) < 4.78 is 2.28. The molecule has 0 radical (unpaired) electrons. The lowest BCUT2D eigenvalue weighted by molar-refractivity contribution is 0.0698. The number of likely N-dealkylation sites (tertiary alicyclic amines) is 1. The van der Waals surface area contributed by atoms with Crippen molar-refractivity contribution in [2.75, 3.05) is 18.8 Å². The van der Waals surface area contributed by atoms with Gasteiger partial charge in [0.25, 0.3) is 5.91 Å². The minimum Gasteiger partial charge on any atom is -0.382 e. The van der Waals surface area contributed by atoms with Gasteiger partial charge in [0.2, 0.25) is 0 Å². The summed E-state index contributed by atoms with van der Waals surface area (Å²) in [6.45, 7) is 2.33. The number of aryl methyl sites for hydroxylation is 1. The second-order valence-corrected chi connectivity index (χ2v) is 6.82. The number of carbonyl (C=O) groups excluding carboxylic acids is 1. The van der Waals surface area contributed by atoms with Crippen LogP contribution in [0.15, 0.2) is 12.4 Å². The van der Waals surface area contributed by atoms with Crippen LogP contribution in [0.3, 0.4) is 0 Å². The number of nitrogens with two attached hydrogens (primary N) is 1. The first-order valence-corrected chi connectivity index (χ1v) is 9.02. The van der Waals surface area contributed by atoms with Gasteiger partial charge in [0.15, 0.2) is 11.5 Å². The summed E-state index contributed by atoms with van der Waals surface area (Å²) in [5, 5.41) is 8.87. The smallest absolute Gasteiger partial charge is 0.276 e. The molecule has 1 atom stereocenters. The molecule has 2 N–H and O–H groups in total. The van der Waals surface area contributed by atoms with Crippen molar-refractivity contribution in [1.82, 2.24) is 29.6 Å². The van der Waals surface area contributed by atoms with E-state index in [0.717, 1.165) is 37.5 Å². The van der Waals surface area contributed by atoms with E-state index in [0.29, 0.717) is 13.1 Å². The Morgan fingerprint density at radius 2 is 1.96 bits per heavy atom. The van der Waals surface area contributed by atoms with Gasteiger partial charge in [0.1, 0.15) is 11.6 Å². The van der Waals surface area contributed by atoms with Crippen molar-refractivity contribution in [2.45, 2.75) is 51.0 Å². The number of piperidine rings is 1. The van der Waals surface area contributed by atoms with Crippen molar-refractivity contribution in [2.24, 2.45) is 0 Å². The molecule has 0 saturated carbocycles. The molecule has 1 saturated heterocycles. The SMILES string of the molecule is Nc1nccnc1C(=O)N1CCC[C@@H](c2nnc3n2CCCCC3)C1. The van der Waals surface area contributed by atoms with E-state index in [-0.39, 0.29) is 23.3 Å². The van der Waals surface area contributed by atoms with Crippen LogP contribution in [-0.4, -0.2) is 48.6 Å². The predicted octanol–water partition coefficient (Wildman–Crippen LogP) is 1.40. The molecule has 2 aromatic rings. The van der Waals surface area contributed by atoms with Gasteiger partial charge >= 0.3 is 0 Å². The van der Waals surface area contributed by atoms with Crippen LogP contribution in [0.1, 0.15) is 60.2 Å².